The number of nitrogens with zero attached hydrogens (tertiary/aromatic N) is 7. The number of rotatable bonds is 8. The summed E-state index contributed by atoms with van der Waals surface area (Å²) in [6, 6.07) is 7.32. The Morgan fingerprint density at radius 2 is 1.77 bits per heavy atom. The van der Waals surface area contributed by atoms with E-state index in [0.717, 1.165) is 44.2 Å². The highest BCUT2D eigenvalue weighted by Gasteiger charge is 2.29. The molecule has 1 aliphatic rings. The number of likely N-dealkylation sites (tertiary alicyclic amines) is 1. The van der Waals surface area contributed by atoms with Gasteiger partial charge in [-0.25, -0.2) is 28.7 Å². The number of aromatic nitrogens is 5. The predicted molar refractivity (Wildman–Crippen MR) is 155 cm³/mol. The molecule has 0 bridgehead atoms. The monoisotopic (exact) mass is 548 g/mol. The standard InChI is InChI=1S/C30H38F2N8/c1-7-39-12-10-20(11-13-39)29(38(5)6)21-8-9-26(33-16-21)36-30-34-17-24(32)27(37-30)22-14-23(31)28-25(15-22)40(18(2)3)19(4)35-28/h8-9,14-18,20,29H,7,10-13H2,1-6H3,(H,33,34,36,37)/t29-/m1/s1. The number of halogens is 2. The highest BCUT2D eigenvalue weighted by Crippen LogP contribution is 2.35. The van der Waals surface area contributed by atoms with Crippen molar-refractivity contribution in [3.63, 3.8) is 0 Å². The summed E-state index contributed by atoms with van der Waals surface area (Å²) in [5, 5.41) is 3.08. The summed E-state index contributed by atoms with van der Waals surface area (Å²) in [6.45, 7) is 11.4. The fraction of sp³-hybridized carbons (Fsp3) is 0.467. The lowest BCUT2D eigenvalue weighted by molar-refractivity contribution is 0.120. The third-order valence-electron chi connectivity index (χ3n) is 7.91. The molecule has 0 aliphatic carbocycles. The van der Waals surface area contributed by atoms with Gasteiger partial charge in [-0.1, -0.05) is 13.0 Å². The van der Waals surface area contributed by atoms with E-state index in [1.807, 2.05) is 37.6 Å². The molecule has 212 valence electrons. The number of anilines is 2. The van der Waals surface area contributed by atoms with Crippen LogP contribution in [0.5, 0.6) is 0 Å². The number of piperidine rings is 1. The van der Waals surface area contributed by atoms with Crippen molar-refractivity contribution in [1.82, 2.24) is 34.3 Å². The van der Waals surface area contributed by atoms with Gasteiger partial charge in [0.2, 0.25) is 5.95 Å². The van der Waals surface area contributed by atoms with Crippen LogP contribution < -0.4 is 5.32 Å². The van der Waals surface area contributed by atoms with Gasteiger partial charge >= 0.3 is 0 Å². The molecule has 10 heteroatoms. The average molecular weight is 549 g/mol. The molecule has 1 saturated heterocycles. The lowest BCUT2D eigenvalue weighted by Gasteiger charge is -2.38. The summed E-state index contributed by atoms with van der Waals surface area (Å²) >= 11 is 0. The molecule has 0 unspecified atom stereocenters. The highest BCUT2D eigenvalue weighted by atomic mass is 19.1. The summed E-state index contributed by atoms with van der Waals surface area (Å²) < 4.78 is 31.9. The molecule has 0 amide bonds. The third-order valence-corrected chi connectivity index (χ3v) is 7.91. The molecular weight excluding hydrogens is 510 g/mol. The van der Waals surface area contributed by atoms with Crippen LogP contribution >= 0.6 is 0 Å². The topological polar surface area (TPSA) is 75.0 Å². The van der Waals surface area contributed by atoms with Crippen molar-refractivity contribution in [1.29, 1.82) is 0 Å². The van der Waals surface area contributed by atoms with Crippen LogP contribution in [0, 0.1) is 24.5 Å². The van der Waals surface area contributed by atoms with Gasteiger partial charge in [-0.2, -0.15) is 0 Å². The maximum absolute atomic E-state index is 15.0. The first kappa shape index (κ1) is 28.0. The molecular formula is C30H38F2N8. The van der Waals surface area contributed by atoms with E-state index >= 15 is 4.39 Å². The second kappa shape index (κ2) is 11.5. The Bertz CT molecular complexity index is 1470. The number of hydrogen-bond donors (Lipinski definition) is 1. The Morgan fingerprint density at radius 3 is 2.40 bits per heavy atom. The van der Waals surface area contributed by atoms with Gasteiger partial charge in [0.25, 0.3) is 0 Å². The van der Waals surface area contributed by atoms with Gasteiger partial charge in [-0.3, -0.25) is 0 Å². The summed E-state index contributed by atoms with van der Waals surface area (Å²) in [7, 11) is 4.24. The Labute approximate surface area is 234 Å². The SMILES string of the molecule is CCN1CCC([C@H](c2ccc(Nc3ncc(F)c(-c4cc(F)c5nc(C)n(C(C)C)c5c4)n3)nc2)N(C)C)CC1. The second-order valence-electron chi connectivity index (χ2n) is 11.1. The second-order valence-corrected chi connectivity index (χ2v) is 11.1. The smallest absolute Gasteiger partial charge is 0.229 e. The van der Waals surface area contributed by atoms with E-state index in [1.54, 1.807) is 6.07 Å². The molecule has 1 atom stereocenters. The number of pyridine rings is 1. The van der Waals surface area contributed by atoms with E-state index in [0.29, 0.717) is 28.6 Å². The van der Waals surface area contributed by atoms with Crippen LogP contribution in [0.3, 0.4) is 0 Å². The molecule has 0 radical (unpaired) electrons. The van der Waals surface area contributed by atoms with Gasteiger partial charge in [-0.05, 0) is 97.0 Å². The maximum atomic E-state index is 15.0. The summed E-state index contributed by atoms with van der Waals surface area (Å²) in [5.41, 5.74) is 2.35. The van der Waals surface area contributed by atoms with Crippen molar-refractivity contribution in [2.75, 3.05) is 39.0 Å². The Hall–Kier alpha value is -3.50. The number of aryl methyl sites for hydroxylation is 1. The van der Waals surface area contributed by atoms with Crippen molar-refractivity contribution in [3.8, 4) is 11.3 Å². The lowest BCUT2D eigenvalue weighted by Crippen LogP contribution is -2.38. The van der Waals surface area contributed by atoms with E-state index in [4.69, 9.17) is 0 Å². The van der Waals surface area contributed by atoms with Crippen LogP contribution in [0.15, 0.2) is 36.7 Å². The van der Waals surface area contributed by atoms with Gasteiger partial charge < -0.3 is 19.7 Å². The van der Waals surface area contributed by atoms with E-state index in [2.05, 4.69) is 62.1 Å². The van der Waals surface area contributed by atoms with Crippen molar-refractivity contribution < 1.29 is 8.78 Å². The van der Waals surface area contributed by atoms with Crippen LogP contribution in [0.1, 0.15) is 57.1 Å². The zero-order chi connectivity index (χ0) is 28.6. The van der Waals surface area contributed by atoms with Gasteiger partial charge in [0.1, 0.15) is 22.9 Å². The molecule has 3 aromatic heterocycles. The van der Waals surface area contributed by atoms with Crippen molar-refractivity contribution in [2.45, 2.75) is 52.6 Å². The van der Waals surface area contributed by atoms with Crippen LogP contribution in [0.4, 0.5) is 20.5 Å². The Kier molecular flexibility index (Phi) is 8.09. The zero-order valence-corrected chi connectivity index (χ0v) is 24.1. The molecule has 1 N–H and O–H groups in total. The fourth-order valence-corrected chi connectivity index (χ4v) is 6.03. The number of fused-ring (bicyclic) bond motifs is 1. The van der Waals surface area contributed by atoms with E-state index in [9.17, 15) is 4.39 Å². The van der Waals surface area contributed by atoms with E-state index in [-0.39, 0.29) is 29.2 Å². The highest BCUT2D eigenvalue weighted by molar-refractivity contribution is 5.83. The first-order valence-corrected chi connectivity index (χ1v) is 14.0. The van der Waals surface area contributed by atoms with Crippen molar-refractivity contribution >= 4 is 22.8 Å². The Morgan fingerprint density at radius 1 is 1.02 bits per heavy atom. The lowest BCUT2D eigenvalue weighted by atomic mass is 9.85. The molecule has 40 heavy (non-hydrogen) atoms. The minimum absolute atomic E-state index is 0.00942. The van der Waals surface area contributed by atoms with Gasteiger partial charge in [0.15, 0.2) is 11.6 Å². The first-order valence-electron chi connectivity index (χ1n) is 14.0. The van der Waals surface area contributed by atoms with Crippen molar-refractivity contribution in [2.24, 2.45) is 5.92 Å². The third kappa shape index (κ3) is 5.55. The van der Waals surface area contributed by atoms with Gasteiger partial charge in [0.05, 0.1) is 11.7 Å². The zero-order valence-electron chi connectivity index (χ0n) is 24.1. The largest absolute Gasteiger partial charge is 0.326 e. The molecule has 1 aliphatic heterocycles. The summed E-state index contributed by atoms with van der Waals surface area (Å²) in [6.07, 6.45) is 5.30. The van der Waals surface area contributed by atoms with Gasteiger partial charge in [0, 0.05) is 23.8 Å². The number of benzene rings is 1. The predicted octanol–water partition coefficient (Wildman–Crippen LogP) is 6.13. The van der Waals surface area contributed by atoms with Crippen LogP contribution in [0.25, 0.3) is 22.3 Å². The van der Waals surface area contributed by atoms with E-state index < -0.39 is 11.6 Å². The number of hydrogen-bond acceptors (Lipinski definition) is 7. The van der Waals surface area contributed by atoms with Crippen LogP contribution in [0.2, 0.25) is 0 Å². The molecule has 4 heterocycles. The van der Waals surface area contributed by atoms with Crippen LogP contribution in [-0.2, 0) is 0 Å². The first-order chi connectivity index (χ1) is 19.2. The molecule has 8 nitrogen and oxygen atoms in total. The molecule has 4 aromatic rings. The molecule has 0 spiro atoms. The normalized spacial score (nSPS) is 15.8. The minimum Gasteiger partial charge on any atom is -0.326 e. The van der Waals surface area contributed by atoms with E-state index in [1.165, 1.54) is 6.07 Å². The molecule has 0 saturated carbocycles. The van der Waals surface area contributed by atoms with Gasteiger partial charge in [-0.15, -0.1) is 0 Å². The molecule has 5 rings (SSSR count). The molecule has 1 fully saturated rings. The Balaban J connectivity index is 1.39. The molecule has 1 aromatic carbocycles. The minimum atomic E-state index is -0.636. The maximum Gasteiger partial charge on any atom is 0.229 e. The number of imidazole rings is 1. The quantitative estimate of drug-likeness (QED) is 0.284. The summed E-state index contributed by atoms with van der Waals surface area (Å²) in [4.78, 5) is 22.3. The van der Waals surface area contributed by atoms with Crippen LogP contribution in [-0.4, -0.2) is 68.0 Å². The average Bonchev–Trinajstić information content (AvgIpc) is 3.27. The number of nitrogens with one attached hydrogen (secondary N) is 1. The summed E-state index contributed by atoms with van der Waals surface area (Å²) in [5.74, 6) is 0.842. The van der Waals surface area contributed by atoms with Crippen molar-refractivity contribution in [3.05, 3.63) is 59.7 Å². The fourth-order valence-electron chi connectivity index (χ4n) is 6.03.